The van der Waals surface area contributed by atoms with E-state index in [1.165, 1.54) is 6.07 Å². The first-order chi connectivity index (χ1) is 7.59. The zero-order chi connectivity index (χ0) is 13.3. The number of aryl methyl sites for hydroxylation is 1. The predicted molar refractivity (Wildman–Crippen MR) is 69.4 cm³/mol. The van der Waals surface area contributed by atoms with Crippen molar-refractivity contribution < 1.29 is 8.42 Å². The molecule has 0 atom stereocenters. The molecule has 0 fully saturated rings. The fourth-order valence-electron chi connectivity index (χ4n) is 1.21. The minimum absolute atomic E-state index is 0.328. The Labute approximate surface area is 107 Å². The minimum atomic E-state index is -3.61. The first kappa shape index (κ1) is 14.2. The highest BCUT2D eigenvalue weighted by Crippen LogP contribution is 2.17. The quantitative estimate of drug-likeness (QED) is 0.831. The van der Waals surface area contributed by atoms with E-state index in [-0.39, 0.29) is 0 Å². The summed E-state index contributed by atoms with van der Waals surface area (Å²) in [6.45, 7) is 6.97. The molecule has 0 aliphatic heterocycles. The van der Waals surface area contributed by atoms with E-state index in [1.54, 1.807) is 33.8 Å². The smallest absolute Gasteiger partial charge is 0.269 e. The maximum Gasteiger partial charge on any atom is 0.299 e. The van der Waals surface area contributed by atoms with Crippen molar-refractivity contribution in [1.82, 2.24) is 9.71 Å². The standard InChI is InChI=1S/C10H16ClN3O2S/c1-7-8(5-6-9(11)12-7)13-17(15,16)14-10(2,3)4/h5-6,13-14H,1-4H3. The Morgan fingerprint density at radius 2 is 1.88 bits per heavy atom. The Morgan fingerprint density at radius 3 is 2.35 bits per heavy atom. The summed E-state index contributed by atoms with van der Waals surface area (Å²) in [6.07, 6.45) is 0. The largest absolute Gasteiger partial charge is 0.299 e. The molecule has 0 spiro atoms. The first-order valence-electron chi connectivity index (χ1n) is 5.04. The molecule has 2 N–H and O–H groups in total. The summed E-state index contributed by atoms with van der Waals surface area (Å²) in [6, 6.07) is 3.11. The van der Waals surface area contributed by atoms with Crippen molar-refractivity contribution in [3.05, 3.63) is 23.0 Å². The summed E-state index contributed by atoms with van der Waals surface area (Å²) in [5.74, 6) is 0. The number of aromatic nitrogens is 1. The number of hydrogen-bond acceptors (Lipinski definition) is 3. The molecule has 1 aromatic heterocycles. The van der Waals surface area contributed by atoms with Crippen LogP contribution in [-0.4, -0.2) is 18.9 Å². The number of nitrogens with zero attached hydrogens (tertiary/aromatic N) is 1. The molecular formula is C10H16ClN3O2S. The number of anilines is 1. The van der Waals surface area contributed by atoms with Gasteiger partial charge in [-0.2, -0.15) is 13.1 Å². The molecule has 0 unspecified atom stereocenters. The SMILES string of the molecule is Cc1nc(Cl)ccc1NS(=O)(=O)NC(C)(C)C. The summed E-state index contributed by atoms with van der Waals surface area (Å²) in [7, 11) is -3.61. The lowest BCUT2D eigenvalue weighted by Gasteiger charge is -2.21. The Hall–Kier alpha value is -0.850. The van der Waals surface area contributed by atoms with E-state index in [4.69, 9.17) is 11.6 Å². The van der Waals surface area contributed by atoms with Crippen molar-refractivity contribution >= 4 is 27.5 Å². The van der Waals surface area contributed by atoms with Gasteiger partial charge in [-0.25, -0.2) is 4.98 Å². The van der Waals surface area contributed by atoms with Crippen molar-refractivity contribution in [3.63, 3.8) is 0 Å². The summed E-state index contributed by atoms with van der Waals surface area (Å²) >= 11 is 5.69. The molecule has 0 aliphatic rings. The molecule has 0 radical (unpaired) electrons. The predicted octanol–water partition coefficient (Wildman–Crippen LogP) is 2.09. The van der Waals surface area contributed by atoms with E-state index < -0.39 is 15.7 Å². The second kappa shape index (κ2) is 4.80. The van der Waals surface area contributed by atoms with Crippen molar-refractivity contribution in [2.75, 3.05) is 4.72 Å². The summed E-state index contributed by atoms with van der Waals surface area (Å²) in [5, 5.41) is 0.328. The van der Waals surface area contributed by atoms with Crippen molar-refractivity contribution in [3.8, 4) is 0 Å². The third kappa shape index (κ3) is 4.89. The molecule has 5 nitrogen and oxygen atoms in total. The summed E-state index contributed by atoms with van der Waals surface area (Å²) in [5.41, 5.74) is 0.391. The van der Waals surface area contributed by atoms with Crippen molar-refractivity contribution in [1.29, 1.82) is 0 Å². The molecule has 17 heavy (non-hydrogen) atoms. The molecule has 1 heterocycles. The molecule has 1 aromatic rings. The average Bonchev–Trinajstić information content (AvgIpc) is 2.05. The van der Waals surface area contributed by atoms with Gasteiger partial charge in [0.05, 0.1) is 11.4 Å². The average molecular weight is 278 g/mol. The van der Waals surface area contributed by atoms with Crippen molar-refractivity contribution in [2.24, 2.45) is 0 Å². The number of nitrogens with one attached hydrogen (secondary N) is 2. The summed E-state index contributed by atoms with van der Waals surface area (Å²) in [4.78, 5) is 3.96. The number of rotatable bonds is 3. The zero-order valence-corrected chi connectivity index (χ0v) is 11.8. The van der Waals surface area contributed by atoms with Gasteiger partial charge in [0.1, 0.15) is 5.15 Å². The van der Waals surface area contributed by atoms with E-state index >= 15 is 0 Å². The molecule has 0 aliphatic carbocycles. The third-order valence-corrected chi connectivity index (χ3v) is 3.32. The van der Waals surface area contributed by atoms with E-state index in [0.717, 1.165) is 0 Å². The lowest BCUT2D eigenvalue weighted by Crippen LogP contribution is -2.43. The molecule has 96 valence electrons. The monoisotopic (exact) mass is 277 g/mol. The second-order valence-corrected chi connectivity index (χ2v) is 6.53. The van der Waals surface area contributed by atoms with Gasteiger partial charge in [0, 0.05) is 5.54 Å². The molecule has 7 heteroatoms. The van der Waals surface area contributed by atoms with Crippen LogP contribution in [0.5, 0.6) is 0 Å². The number of hydrogen-bond donors (Lipinski definition) is 2. The maximum atomic E-state index is 11.8. The first-order valence-corrected chi connectivity index (χ1v) is 6.90. The second-order valence-electron chi connectivity index (χ2n) is 4.72. The van der Waals surface area contributed by atoms with Gasteiger partial charge in [0.25, 0.3) is 10.2 Å². The van der Waals surface area contributed by atoms with Gasteiger partial charge in [-0.15, -0.1) is 0 Å². The van der Waals surface area contributed by atoms with E-state index in [0.29, 0.717) is 16.5 Å². The topological polar surface area (TPSA) is 71.1 Å². The van der Waals surface area contributed by atoms with E-state index in [1.807, 2.05) is 0 Å². The highest BCUT2D eigenvalue weighted by atomic mass is 35.5. The van der Waals surface area contributed by atoms with Crippen LogP contribution >= 0.6 is 11.6 Å². The van der Waals surface area contributed by atoms with Crippen LogP contribution in [0.15, 0.2) is 12.1 Å². The molecule has 0 saturated heterocycles. The lowest BCUT2D eigenvalue weighted by molar-refractivity contribution is 0.494. The van der Waals surface area contributed by atoms with Crippen LogP contribution in [0.2, 0.25) is 5.15 Å². The number of pyridine rings is 1. The minimum Gasteiger partial charge on any atom is -0.269 e. The Bertz CT molecular complexity index is 509. The normalized spacial score (nSPS) is 12.5. The lowest BCUT2D eigenvalue weighted by atomic mass is 10.1. The maximum absolute atomic E-state index is 11.8. The molecular weight excluding hydrogens is 262 g/mol. The molecule has 0 bridgehead atoms. The number of halogens is 1. The van der Waals surface area contributed by atoms with Crippen LogP contribution < -0.4 is 9.44 Å². The fraction of sp³-hybridized carbons (Fsp3) is 0.500. The van der Waals surface area contributed by atoms with Crippen LogP contribution in [0.1, 0.15) is 26.5 Å². The van der Waals surface area contributed by atoms with Gasteiger partial charge in [-0.05, 0) is 39.8 Å². The van der Waals surface area contributed by atoms with Gasteiger partial charge in [0.15, 0.2) is 0 Å². The van der Waals surface area contributed by atoms with Crippen LogP contribution in [0.25, 0.3) is 0 Å². The highest BCUT2D eigenvalue weighted by Gasteiger charge is 2.20. The zero-order valence-electron chi connectivity index (χ0n) is 10.2. The van der Waals surface area contributed by atoms with Gasteiger partial charge in [0.2, 0.25) is 0 Å². The Kier molecular flexibility index (Phi) is 4.01. The Morgan fingerprint density at radius 1 is 1.29 bits per heavy atom. The van der Waals surface area contributed by atoms with E-state index in [2.05, 4.69) is 14.4 Å². The van der Waals surface area contributed by atoms with Crippen molar-refractivity contribution in [2.45, 2.75) is 33.2 Å². The molecule has 1 rings (SSSR count). The Balaban J connectivity index is 2.91. The van der Waals surface area contributed by atoms with Crippen LogP contribution in [-0.2, 0) is 10.2 Å². The molecule has 0 saturated carbocycles. The third-order valence-electron chi connectivity index (χ3n) is 1.74. The van der Waals surface area contributed by atoms with E-state index in [9.17, 15) is 8.42 Å². The van der Waals surface area contributed by atoms with Crippen LogP contribution in [0.3, 0.4) is 0 Å². The molecule has 0 aromatic carbocycles. The fourth-order valence-corrected chi connectivity index (χ4v) is 2.76. The summed E-state index contributed by atoms with van der Waals surface area (Å²) < 4.78 is 28.4. The van der Waals surface area contributed by atoms with Gasteiger partial charge >= 0.3 is 0 Å². The highest BCUT2D eigenvalue weighted by molar-refractivity contribution is 7.90. The van der Waals surface area contributed by atoms with Gasteiger partial charge in [-0.3, -0.25) is 4.72 Å². The molecule has 0 amide bonds. The van der Waals surface area contributed by atoms with Crippen LogP contribution in [0, 0.1) is 6.92 Å². The van der Waals surface area contributed by atoms with Gasteiger partial charge < -0.3 is 0 Å². The van der Waals surface area contributed by atoms with Gasteiger partial charge in [-0.1, -0.05) is 11.6 Å². The van der Waals surface area contributed by atoms with Crippen LogP contribution in [0.4, 0.5) is 5.69 Å².